The van der Waals surface area contributed by atoms with Gasteiger partial charge in [0.05, 0.1) is 0 Å². The molecular weight excluding hydrogens is 214 g/mol. The third-order valence-corrected chi connectivity index (χ3v) is 3.38. The predicted octanol–water partition coefficient (Wildman–Crippen LogP) is 4.45. The van der Waals surface area contributed by atoms with Crippen molar-refractivity contribution in [3.63, 3.8) is 0 Å². The minimum Gasteiger partial charge on any atom is -0.249 e. The fraction of sp³-hybridized carbons (Fsp3) is 0.571. The van der Waals surface area contributed by atoms with Crippen molar-refractivity contribution in [3.05, 3.63) is 30.3 Å². The standard InChI is InChI=1S/C14H23NS/c1-14(2,3)11-8-12-15(4)16-13-9-6-5-7-10-13/h5-7,9-10H,8,11-12H2,1-4H3. The summed E-state index contributed by atoms with van der Waals surface area (Å²) in [5.74, 6) is 0. The average Bonchev–Trinajstić information content (AvgIpc) is 2.17. The Balaban J connectivity index is 2.24. The molecule has 1 rings (SSSR count). The van der Waals surface area contributed by atoms with Gasteiger partial charge in [-0.2, -0.15) is 0 Å². The number of nitrogens with zero attached hydrogens (tertiary/aromatic N) is 1. The Morgan fingerprint density at radius 1 is 1.12 bits per heavy atom. The van der Waals surface area contributed by atoms with Gasteiger partial charge >= 0.3 is 0 Å². The van der Waals surface area contributed by atoms with Crippen LogP contribution >= 0.6 is 11.9 Å². The van der Waals surface area contributed by atoms with Crippen molar-refractivity contribution < 1.29 is 0 Å². The highest BCUT2D eigenvalue weighted by Crippen LogP contribution is 2.24. The SMILES string of the molecule is CN(CCCC(C)(C)C)Sc1ccccc1. The predicted molar refractivity (Wildman–Crippen MR) is 73.6 cm³/mol. The van der Waals surface area contributed by atoms with E-state index in [4.69, 9.17) is 0 Å². The van der Waals surface area contributed by atoms with Gasteiger partial charge in [0.25, 0.3) is 0 Å². The first-order valence-electron chi connectivity index (χ1n) is 5.91. The van der Waals surface area contributed by atoms with Crippen molar-refractivity contribution >= 4 is 11.9 Å². The van der Waals surface area contributed by atoms with Crippen molar-refractivity contribution in [2.75, 3.05) is 13.6 Å². The van der Waals surface area contributed by atoms with Crippen molar-refractivity contribution in [2.45, 2.75) is 38.5 Å². The molecule has 0 unspecified atom stereocenters. The van der Waals surface area contributed by atoms with Crippen LogP contribution in [0.1, 0.15) is 33.6 Å². The molecular formula is C14H23NS. The lowest BCUT2D eigenvalue weighted by Gasteiger charge is -2.20. The summed E-state index contributed by atoms with van der Waals surface area (Å²) in [6, 6.07) is 10.6. The maximum atomic E-state index is 2.32. The molecule has 0 amide bonds. The molecule has 0 radical (unpaired) electrons. The van der Waals surface area contributed by atoms with E-state index in [1.165, 1.54) is 17.7 Å². The first-order chi connectivity index (χ1) is 7.47. The summed E-state index contributed by atoms with van der Waals surface area (Å²) in [7, 11) is 2.17. The first kappa shape index (κ1) is 13.6. The van der Waals surface area contributed by atoms with Crippen LogP contribution in [-0.4, -0.2) is 17.9 Å². The van der Waals surface area contributed by atoms with E-state index in [1.54, 1.807) is 0 Å². The number of rotatable bonds is 5. The fourth-order valence-electron chi connectivity index (χ4n) is 1.54. The van der Waals surface area contributed by atoms with E-state index in [2.05, 4.69) is 62.5 Å². The first-order valence-corrected chi connectivity index (χ1v) is 6.69. The molecule has 0 bridgehead atoms. The summed E-state index contributed by atoms with van der Waals surface area (Å²) in [6.45, 7) is 8.06. The van der Waals surface area contributed by atoms with Gasteiger partial charge in [0.1, 0.15) is 0 Å². The van der Waals surface area contributed by atoms with Crippen molar-refractivity contribution in [3.8, 4) is 0 Å². The lowest BCUT2D eigenvalue weighted by atomic mass is 9.91. The van der Waals surface area contributed by atoms with Crippen LogP contribution in [0.2, 0.25) is 0 Å². The Kier molecular flexibility index (Phi) is 5.36. The number of hydrogen-bond acceptors (Lipinski definition) is 2. The number of hydrogen-bond donors (Lipinski definition) is 0. The molecule has 2 heteroatoms. The van der Waals surface area contributed by atoms with Gasteiger partial charge in [0, 0.05) is 11.4 Å². The van der Waals surface area contributed by atoms with Gasteiger partial charge in [0.2, 0.25) is 0 Å². The number of benzene rings is 1. The normalized spacial score (nSPS) is 12.1. The Hall–Kier alpha value is -0.470. The van der Waals surface area contributed by atoms with Gasteiger partial charge < -0.3 is 0 Å². The van der Waals surface area contributed by atoms with E-state index >= 15 is 0 Å². The summed E-state index contributed by atoms with van der Waals surface area (Å²) in [4.78, 5) is 1.32. The lowest BCUT2D eigenvalue weighted by molar-refractivity contribution is 0.349. The molecule has 1 aromatic rings. The third kappa shape index (κ3) is 6.19. The molecule has 16 heavy (non-hydrogen) atoms. The molecule has 1 aromatic carbocycles. The Morgan fingerprint density at radius 2 is 1.75 bits per heavy atom. The molecule has 0 aliphatic carbocycles. The van der Waals surface area contributed by atoms with E-state index in [0.717, 1.165) is 6.54 Å². The van der Waals surface area contributed by atoms with Crippen LogP contribution in [0.3, 0.4) is 0 Å². The second kappa shape index (κ2) is 6.31. The molecule has 0 aliphatic heterocycles. The van der Waals surface area contributed by atoms with E-state index in [-0.39, 0.29) is 0 Å². The summed E-state index contributed by atoms with van der Waals surface area (Å²) in [5.41, 5.74) is 0.457. The largest absolute Gasteiger partial charge is 0.249 e. The minimum absolute atomic E-state index is 0.457. The minimum atomic E-state index is 0.457. The van der Waals surface area contributed by atoms with Crippen LogP contribution in [-0.2, 0) is 0 Å². The molecule has 90 valence electrons. The molecule has 0 spiro atoms. The zero-order valence-corrected chi connectivity index (χ0v) is 11.7. The van der Waals surface area contributed by atoms with Crippen molar-refractivity contribution in [1.29, 1.82) is 0 Å². The highest BCUT2D eigenvalue weighted by Gasteiger charge is 2.10. The summed E-state index contributed by atoms with van der Waals surface area (Å²) >= 11 is 1.83. The van der Waals surface area contributed by atoms with Gasteiger partial charge in [-0.1, -0.05) is 39.0 Å². The fourth-order valence-corrected chi connectivity index (χ4v) is 2.40. The van der Waals surface area contributed by atoms with Crippen molar-refractivity contribution in [2.24, 2.45) is 5.41 Å². The summed E-state index contributed by atoms with van der Waals surface area (Å²) in [5, 5.41) is 0. The van der Waals surface area contributed by atoms with Gasteiger partial charge in [0.15, 0.2) is 0 Å². The second-order valence-corrected chi connectivity index (χ2v) is 6.70. The molecule has 0 saturated carbocycles. The Morgan fingerprint density at radius 3 is 2.31 bits per heavy atom. The monoisotopic (exact) mass is 237 g/mol. The van der Waals surface area contributed by atoms with Gasteiger partial charge in [-0.15, -0.1) is 0 Å². The molecule has 1 nitrogen and oxygen atoms in total. The van der Waals surface area contributed by atoms with Gasteiger partial charge in [-0.05, 0) is 49.4 Å². The average molecular weight is 237 g/mol. The molecule has 0 aliphatic rings. The maximum absolute atomic E-state index is 2.32. The Labute approximate surface area is 104 Å². The van der Waals surface area contributed by atoms with Crippen LogP contribution in [0, 0.1) is 5.41 Å². The third-order valence-electron chi connectivity index (χ3n) is 2.40. The smallest absolute Gasteiger partial charge is 0.0230 e. The lowest BCUT2D eigenvalue weighted by Crippen LogP contribution is -2.14. The second-order valence-electron chi connectivity index (χ2n) is 5.42. The highest BCUT2D eigenvalue weighted by atomic mass is 32.2. The zero-order valence-electron chi connectivity index (χ0n) is 10.9. The Bertz CT molecular complexity index is 289. The van der Waals surface area contributed by atoms with Gasteiger partial charge in [-0.3, -0.25) is 0 Å². The van der Waals surface area contributed by atoms with Crippen LogP contribution in [0.15, 0.2) is 35.2 Å². The summed E-state index contributed by atoms with van der Waals surface area (Å²) in [6.07, 6.45) is 2.55. The quantitative estimate of drug-likeness (QED) is 0.696. The van der Waals surface area contributed by atoms with Crippen LogP contribution in [0.25, 0.3) is 0 Å². The molecule has 0 N–H and O–H groups in total. The topological polar surface area (TPSA) is 3.24 Å². The van der Waals surface area contributed by atoms with E-state index < -0.39 is 0 Å². The van der Waals surface area contributed by atoms with Gasteiger partial charge in [-0.25, -0.2) is 4.31 Å². The zero-order chi connectivity index (χ0) is 12.0. The molecule has 0 aromatic heterocycles. The highest BCUT2D eigenvalue weighted by molar-refractivity contribution is 7.97. The van der Waals surface area contributed by atoms with Crippen LogP contribution in [0.5, 0.6) is 0 Å². The van der Waals surface area contributed by atoms with E-state index in [9.17, 15) is 0 Å². The van der Waals surface area contributed by atoms with Crippen molar-refractivity contribution in [1.82, 2.24) is 4.31 Å². The molecule has 0 saturated heterocycles. The van der Waals surface area contributed by atoms with E-state index in [1.807, 2.05) is 11.9 Å². The molecule has 0 heterocycles. The molecule has 0 fully saturated rings. The summed E-state index contributed by atoms with van der Waals surface area (Å²) < 4.78 is 2.32. The maximum Gasteiger partial charge on any atom is 0.0230 e. The molecule has 0 atom stereocenters. The van der Waals surface area contributed by atoms with E-state index in [0.29, 0.717) is 5.41 Å². The van der Waals surface area contributed by atoms with Crippen LogP contribution in [0.4, 0.5) is 0 Å². The van der Waals surface area contributed by atoms with Crippen LogP contribution < -0.4 is 0 Å².